The third-order valence-electron chi connectivity index (χ3n) is 2.70. The van der Waals surface area contributed by atoms with Crippen LogP contribution in [-0.2, 0) is 16.0 Å². The summed E-state index contributed by atoms with van der Waals surface area (Å²) in [6.07, 6.45) is 0.168. The van der Waals surface area contributed by atoms with E-state index in [0.717, 1.165) is 4.47 Å². The van der Waals surface area contributed by atoms with Crippen LogP contribution in [-0.4, -0.2) is 35.5 Å². The molecule has 0 saturated carbocycles. The molecule has 1 N–H and O–H groups in total. The van der Waals surface area contributed by atoms with Gasteiger partial charge in [0.25, 0.3) is 0 Å². The minimum absolute atomic E-state index is 0.0349. The van der Waals surface area contributed by atoms with Gasteiger partial charge in [0.05, 0.1) is 6.42 Å². The number of benzene rings is 1. The molecule has 1 aromatic rings. The van der Waals surface area contributed by atoms with E-state index in [1.165, 1.54) is 11.0 Å². The lowest BCUT2D eigenvalue weighted by atomic mass is 10.1. The molecule has 0 bridgehead atoms. The van der Waals surface area contributed by atoms with Gasteiger partial charge in [-0.25, -0.2) is 4.39 Å². The van der Waals surface area contributed by atoms with Crippen molar-refractivity contribution in [3.05, 3.63) is 34.1 Å². The van der Waals surface area contributed by atoms with E-state index in [9.17, 15) is 14.0 Å². The summed E-state index contributed by atoms with van der Waals surface area (Å²) in [4.78, 5) is 23.4. The van der Waals surface area contributed by atoms with Crippen LogP contribution < -0.4 is 0 Å². The lowest BCUT2D eigenvalue weighted by Crippen LogP contribution is -2.29. The van der Waals surface area contributed by atoms with Crippen molar-refractivity contribution in [2.45, 2.75) is 19.3 Å². The van der Waals surface area contributed by atoms with Gasteiger partial charge in [-0.05, 0) is 30.2 Å². The number of rotatable bonds is 6. The summed E-state index contributed by atoms with van der Waals surface area (Å²) in [6, 6.07) is 4.65. The van der Waals surface area contributed by atoms with Gasteiger partial charge < -0.3 is 10.0 Å². The van der Waals surface area contributed by atoms with Crippen molar-refractivity contribution < 1.29 is 19.1 Å². The number of nitrogens with zero attached hydrogens (tertiary/aromatic N) is 1. The van der Waals surface area contributed by atoms with Crippen LogP contribution in [0.5, 0.6) is 0 Å². The first-order valence-electron chi connectivity index (χ1n) is 5.80. The van der Waals surface area contributed by atoms with E-state index in [0.29, 0.717) is 18.5 Å². The predicted octanol–water partition coefficient (Wildman–Crippen LogP) is 2.45. The molecule has 0 saturated heterocycles. The van der Waals surface area contributed by atoms with E-state index < -0.39 is 5.97 Å². The third kappa shape index (κ3) is 5.38. The van der Waals surface area contributed by atoms with E-state index in [2.05, 4.69) is 15.9 Å². The maximum atomic E-state index is 13.5. The Morgan fingerprint density at radius 1 is 1.37 bits per heavy atom. The Labute approximate surface area is 119 Å². The van der Waals surface area contributed by atoms with Gasteiger partial charge in [0, 0.05) is 24.5 Å². The highest BCUT2D eigenvalue weighted by Gasteiger charge is 2.11. The molecule has 4 nitrogen and oxygen atoms in total. The molecule has 0 aliphatic heterocycles. The maximum absolute atomic E-state index is 13.5. The Kier molecular flexibility index (Phi) is 5.95. The van der Waals surface area contributed by atoms with Crippen LogP contribution >= 0.6 is 15.9 Å². The molecule has 1 aromatic carbocycles. The molecule has 0 radical (unpaired) electrons. The summed E-state index contributed by atoms with van der Waals surface area (Å²) in [7, 11) is 1.58. The highest BCUT2D eigenvalue weighted by Crippen LogP contribution is 2.16. The Balaban J connectivity index is 2.49. The molecule has 6 heteroatoms. The third-order valence-corrected chi connectivity index (χ3v) is 3.20. The number of carboxylic acids is 1. The number of hydrogen-bond acceptors (Lipinski definition) is 2. The molecule has 104 valence electrons. The molecular formula is C13H15BrFNO3. The zero-order chi connectivity index (χ0) is 14.4. The predicted molar refractivity (Wildman–Crippen MR) is 72.3 cm³/mol. The Morgan fingerprint density at radius 2 is 2.05 bits per heavy atom. The monoisotopic (exact) mass is 331 g/mol. The van der Waals surface area contributed by atoms with E-state index in [4.69, 9.17) is 5.11 Å². The van der Waals surface area contributed by atoms with Gasteiger partial charge in [0.15, 0.2) is 0 Å². The Bertz CT molecular complexity index is 479. The average molecular weight is 332 g/mol. The SMILES string of the molecule is CN(CCc1cc(Br)ccc1F)C(=O)CCC(=O)O. The summed E-state index contributed by atoms with van der Waals surface area (Å²) >= 11 is 3.26. The molecule has 1 amide bonds. The molecular weight excluding hydrogens is 317 g/mol. The number of carboxylic acid groups (broad SMARTS) is 1. The van der Waals surface area contributed by atoms with Crippen molar-refractivity contribution in [2.24, 2.45) is 0 Å². The highest BCUT2D eigenvalue weighted by atomic mass is 79.9. The van der Waals surface area contributed by atoms with Crippen LogP contribution in [0.15, 0.2) is 22.7 Å². The highest BCUT2D eigenvalue weighted by molar-refractivity contribution is 9.10. The zero-order valence-electron chi connectivity index (χ0n) is 10.5. The second-order valence-electron chi connectivity index (χ2n) is 4.19. The fourth-order valence-electron chi connectivity index (χ4n) is 1.55. The molecule has 0 aliphatic carbocycles. The summed E-state index contributed by atoms with van der Waals surface area (Å²) in [6.45, 7) is 0.353. The van der Waals surface area contributed by atoms with Gasteiger partial charge in [-0.3, -0.25) is 9.59 Å². The van der Waals surface area contributed by atoms with Crippen molar-refractivity contribution in [1.29, 1.82) is 0 Å². The molecule has 19 heavy (non-hydrogen) atoms. The van der Waals surface area contributed by atoms with Crippen molar-refractivity contribution in [1.82, 2.24) is 4.90 Å². The second kappa shape index (κ2) is 7.23. The van der Waals surface area contributed by atoms with Gasteiger partial charge in [-0.1, -0.05) is 15.9 Å². The van der Waals surface area contributed by atoms with Crippen LogP contribution in [0.4, 0.5) is 4.39 Å². The number of halogens is 2. The van der Waals surface area contributed by atoms with Gasteiger partial charge >= 0.3 is 5.97 Å². The van der Waals surface area contributed by atoms with Crippen LogP contribution in [0.25, 0.3) is 0 Å². The van der Waals surface area contributed by atoms with Crippen LogP contribution in [0.2, 0.25) is 0 Å². The van der Waals surface area contributed by atoms with E-state index in [1.54, 1.807) is 19.2 Å². The number of carbonyl (C=O) groups is 2. The van der Waals surface area contributed by atoms with Crippen molar-refractivity contribution in [3.8, 4) is 0 Å². The van der Waals surface area contributed by atoms with Gasteiger partial charge in [0.2, 0.25) is 5.91 Å². The van der Waals surface area contributed by atoms with E-state index in [-0.39, 0.29) is 24.6 Å². The summed E-state index contributed by atoms with van der Waals surface area (Å²) in [5, 5.41) is 8.49. The normalized spacial score (nSPS) is 10.3. The number of likely N-dealkylation sites (N-methyl/N-ethyl adjacent to an activating group) is 1. The topological polar surface area (TPSA) is 57.6 Å². The number of aliphatic carboxylic acids is 1. The number of carbonyl (C=O) groups excluding carboxylic acids is 1. The molecule has 0 heterocycles. The molecule has 0 spiro atoms. The first kappa shape index (κ1) is 15.6. The molecule has 0 fully saturated rings. The number of hydrogen-bond donors (Lipinski definition) is 1. The van der Waals surface area contributed by atoms with Crippen LogP contribution in [0.1, 0.15) is 18.4 Å². The summed E-state index contributed by atoms with van der Waals surface area (Å²) in [5.74, 6) is -1.56. The van der Waals surface area contributed by atoms with E-state index >= 15 is 0 Å². The smallest absolute Gasteiger partial charge is 0.303 e. The van der Waals surface area contributed by atoms with Crippen LogP contribution in [0, 0.1) is 5.82 Å². The minimum Gasteiger partial charge on any atom is -0.481 e. The minimum atomic E-state index is -1.00. The lowest BCUT2D eigenvalue weighted by Gasteiger charge is -2.17. The Hall–Kier alpha value is -1.43. The summed E-state index contributed by atoms with van der Waals surface area (Å²) < 4.78 is 14.3. The van der Waals surface area contributed by atoms with Crippen molar-refractivity contribution in [3.63, 3.8) is 0 Å². The van der Waals surface area contributed by atoms with Crippen molar-refractivity contribution >= 4 is 27.8 Å². The standard InChI is InChI=1S/C13H15BrFNO3/c1-16(12(17)4-5-13(18)19)7-6-9-8-10(14)2-3-11(9)15/h2-3,8H,4-7H2,1H3,(H,18,19). The average Bonchev–Trinajstić information content (AvgIpc) is 2.36. The summed E-state index contributed by atoms with van der Waals surface area (Å²) in [5.41, 5.74) is 0.521. The van der Waals surface area contributed by atoms with Gasteiger partial charge in [-0.15, -0.1) is 0 Å². The molecule has 0 aromatic heterocycles. The first-order chi connectivity index (χ1) is 8.90. The maximum Gasteiger partial charge on any atom is 0.303 e. The van der Waals surface area contributed by atoms with Gasteiger partial charge in [-0.2, -0.15) is 0 Å². The molecule has 0 atom stereocenters. The van der Waals surface area contributed by atoms with E-state index in [1.807, 2.05) is 0 Å². The van der Waals surface area contributed by atoms with Crippen LogP contribution in [0.3, 0.4) is 0 Å². The zero-order valence-corrected chi connectivity index (χ0v) is 12.1. The molecule has 1 rings (SSSR count). The number of amides is 1. The quantitative estimate of drug-likeness (QED) is 0.871. The molecule has 0 unspecified atom stereocenters. The van der Waals surface area contributed by atoms with Crippen molar-refractivity contribution in [2.75, 3.05) is 13.6 Å². The molecule has 0 aliphatic rings. The van der Waals surface area contributed by atoms with Gasteiger partial charge in [0.1, 0.15) is 5.82 Å². The fraction of sp³-hybridized carbons (Fsp3) is 0.385. The largest absolute Gasteiger partial charge is 0.481 e. The fourth-order valence-corrected chi connectivity index (χ4v) is 1.96. The lowest BCUT2D eigenvalue weighted by molar-refractivity contribution is -0.140. The second-order valence-corrected chi connectivity index (χ2v) is 5.11. The Morgan fingerprint density at radius 3 is 2.68 bits per heavy atom. The first-order valence-corrected chi connectivity index (χ1v) is 6.59.